The molecular formula is C25H20ClN5O4S. The van der Waals surface area contributed by atoms with Crippen LogP contribution in [0.2, 0.25) is 5.02 Å². The summed E-state index contributed by atoms with van der Waals surface area (Å²) in [5.74, 6) is -1.10. The Hall–Kier alpha value is -4.15. The van der Waals surface area contributed by atoms with Gasteiger partial charge in [-0.25, -0.2) is 0 Å². The molecule has 1 aromatic heterocycles. The molecule has 0 aliphatic carbocycles. The van der Waals surface area contributed by atoms with Crippen molar-refractivity contribution in [2.75, 3.05) is 5.32 Å². The largest absolute Gasteiger partial charge is 0.340 e. The quantitative estimate of drug-likeness (QED) is 0.246. The fourth-order valence-corrected chi connectivity index (χ4v) is 4.30. The number of amides is 2. The Labute approximate surface area is 215 Å². The minimum absolute atomic E-state index is 0.0825. The number of nitrogens with one attached hydrogen (secondary N) is 2. The maximum absolute atomic E-state index is 13.2. The van der Waals surface area contributed by atoms with Crippen LogP contribution in [0.15, 0.2) is 72.8 Å². The van der Waals surface area contributed by atoms with E-state index < -0.39 is 22.8 Å². The molecule has 0 aliphatic heterocycles. The number of nitro benzene ring substituents is 1. The Bertz CT molecular complexity index is 1410. The third kappa shape index (κ3) is 6.09. The van der Waals surface area contributed by atoms with E-state index in [-0.39, 0.29) is 22.8 Å². The minimum atomic E-state index is -0.969. The van der Waals surface area contributed by atoms with E-state index in [0.717, 1.165) is 11.1 Å². The summed E-state index contributed by atoms with van der Waals surface area (Å²) in [5, 5.41) is 26.3. The molecule has 0 unspecified atom stereocenters. The Kier molecular flexibility index (Phi) is 7.67. The molecule has 36 heavy (non-hydrogen) atoms. The average Bonchev–Trinajstić information content (AvgIpc) is 3.33. The Morgan fingerprint density at radius 1 is 1.06 bits per heavy atom. The van der Waals surface area contributed by atoms with Crippen molar-refractivity contribution in [3.05, 3.63) is 105 Å². The van der Waals surface area contributed by atoms with E-state index in [4.69, 9.17) is 11.6 Å². The lowest BCUT2D eigenvalue weighted by atomic mass is 10.0. The van der Waals surface area contributed by atoms with Gasteiger partial charge in [0.25, 0.3) is 11.6 Å². The molecular weight excluding hydrogens is 502 g/mol. The number of aryl methyl sites for hydroxylation is 1. The predicted molar refractivity (Wildman–Crippen MR) is 138 cm³/mol. The molecule has 0 fully saturated rings. The molecule has 0 saturated heterocycles. The first-order valence-corrected chi connectivity index (χ1v) is 12.0. The van der Waals surface area contributed by atoms with Crippen LogP contribution in [0, 0.1) is 17.0 Å². The van der Waals surface area contributed by atoms with Gasteiger partial charge in [-0.3, -0.25) is 25.0 Å². The van der Waals surface area contributed by atoms with Crippen molar-refractivity contribution >= 4 is 45.6 Å². The van der Waals surface area contributed by atoms with Gasteiger partial charge in [0.2, 0.25) is 11.0 Å². The van der Waals surface area contributed by atoms with Crippen LogP contribution in [0.5, 0.6) is 0 Å². The van der Waals surface area contributed by atoms with Gasteiger partial charge < -0.3 is 5.32 Å². The van der Waals surface area contributed by atoms with Crippen LogP contribution in [0.4, 0.5) is 10.8 Å². The van der Waals surface area contributed by atoms with Gasteiger partial charge in [0, 0.05) is 34.2 Å². The fourth-order valence-electron chi connectivity index (χ4n) is 3.42. The predicted octanol–water partition coefficient (Wildman–Crippen LogP) is 5.05. The summed E-state index contributed by atoms with van der Waals surface area (Å²) in [4.78, 5) is 36.9. The molecule has 0 saturated carbocycles. The van der Waals surface area contributed by atoms with E-state index in [0.29, 0.717) is 15.6 Å². The van der Waals surface area contributed by atoms with E-state index >= 15 is 0 Å². The second-order valence-electron chi connectivity index (χ2n) is 7.88. The molecule has 4 rings (SSSR count). The van der Waals surface area contributed by atoms with E-state index in [1.807, 2.05) is 30.3 Å². The Morgan fingerprint density at radius 2 is 1.78 bits per heavy atom. The normalized spacial score (nSPS) is 11.5. The van der Waals surface area contributed by atoms with Gasteiger partial charge in [-0.2, -0.15) is 0 Å². The van der Waals surface area contributed by atoms with Gasteiger partial charge in [0.05, 0.1) is 4.92 Å². The lowest BCUT2D eigenvalue weighted by Crippen LogP contribution is -2.45. The molecule has 1 atom stereocenters. The SMILES string of the molecule is Cc1ccc(C(=O)N[C@H](Cc2ccccc2)C(=O)Nc2nnc(-c3ccc(Cl)cc3)s2)cc1[N+](=O)[O-]. The summed E-state index contributed by atoms with van der Waals surface area (Å²) in [6, 6.07) is 19.5. The standard InChI is InChI=1S/C25H20ClN5O4S/c1-15-7-8-18(14-21(15)31(34)35)22(32)27-20(13-16-5-3-2-4-6-16)23(33)28-25-30-29-24(36-25)17-9-11-19(26)12-10-17/h2-12,14,20H,13H2,1H3,(H,27,32)(H,28,30,33)/t20-/m1/s1. The molecule has 0 bridgehead atoms. The highest BCUT2D eigenvalue weighted by molar-refractivity contribution is 7.18. The number of carbonyl (C=O) groups excluding carboxylic acids is 2. The van der Waals surface area contributed by atoms with Crippen molar-refractivity contribution < 1.29 is 14.5 Å². The number of nitrogens with zero attached hydrogens (tertiary/aromatic N) is 3. The van der Waals surface area contributed by atoms with Gasteiger partial charge in [0.1, 0.15) is 11.0 Å². The molecule has 182 valence electrons. The summed E-state index contributed by atoms with van der Waals surface area (Å²) in [6.07, 6.45) is 0.204. The smallest absolute Gasteiger partial charge is 0.273 e. The van der Waals surface area contributed by atoms with Gasteiger partial charge in [0.15, 0.2) is 0 Å². The van der Waals surface area contributed by atoms with E-state index in [1.54, 1.807) is 31.2 Å². The van der Waals surface area contributed by atoms with Crippen molar-refractivity contribution in [1.82, 2.24) is 15.5 Å². The third-order valence-electron chi connectivity index (χ3n) is 5.32. The molecule has 9 nitrogen and oxygen atoms in total. The van der Waals surface area contributed by atoms with E-state index in [2.05, 4.69) is 20.8 Å². The second kappa shape index (κ2) is 11.1. The van der Waals surface area contributed by atoms with Gasteiger partial charge in [-0.05, 0) is 30.7 Å². The molecule has 0 aliphatic rings. The first-order chi connectivity index (χ1) is 17.3. The van der Waals surface area contributed by atoms with Crippen LogP contribution in [0.3, 0.4) is 0 Å². The van der Waals surface area contributed by atoms with Crippen molar-refractivity contribution in [1.29, 1.82) is 0 Å². The van der Waals surface area contributed by atoms with Crippen LogP contribution in [0.1, 0.15) is 21.5 Å². The molecule has 1 heterocycles. The first kappa shape index (κ1) is 25.0. The Balaban J connectivity index is 1.54. The number of halogens is 1. The van der Waals surface area contributed by atoms with Crippen molar-refractivity contribution in [3.8, 4) is 10.6 Å². The highest BCUT2D eigenvalue weighted by Crippen LogP contribution is 2.27. The highest BCUT2D eigenvalue weighted by Gasteiger charge is 2.24. The van der Waals surface area contributed by atoms with Crippen molar-refractivity contribution in [3.63, 3.8) is 0 Å². The summed E-state index contributed by atoms with van der Waals surface area (Å²) < 4.78 is 0. The zero-order valence-electron chi connectivity index (χ0n) is 19.0. The third-order valence-corrected chi connectivity index (χ3v) is 6.46. The van der Waals surface area contributed by atoms with Crippen LogP contribution in [-0.4, -0.2) is 33.0 Å². The minimum Gasteiger partial charge on any atom is -0.340 e. The molecule has 2 N–H and O–H groups in total. The lowest BCUT2D eigenvalue weighted by molar-refractivity contribution is -0.385. The monoisotopic (exact) mass is 521 g/mol. The van der Waals surface area contributed by atoms with Crippen LogP contribution in [-0.2, 0) is 11.2 Å². The number of hydrogen-bond acceptors (Lipinski definition) is 7. The van der Waals surface area contributed by atoms with Crippen LogP contribution >= 0.6 is 22.9 Å². The first-order valence-electron chi connectivity index (χ1n) is 10.8. The number of nitro groups is 1. The lowest BCUT2D eigenvalue weighted by Gasteiger charge is -2.18. The molecule has 3 aromatic carbocycles. The second-order valence-corrected chi connectivity index (χ2v) is 9.30. The fraction of sp³-hybridized carbons (Fsp3) is 0.120. The zero-order valence-corrected chi connectivity index (χ0v) is 20.5. The Morgan fingerprint density at radius 3 is 2.47 bits per heavy atom. The average molecular weight is 522 g/mol. The topological polar surface area (TPSA) is 127 Å². The van der Waals surface area contributed by atoms with Crippen molar-refractivity contribution in [2.24, 2.45) is 0 Å². The summed E-state index contributed by atoms with van der Waals surface area (Å²) in [6.45, 7) is 1.59. The number of carbonyl (C=O) groups is 2. The van der Waals surface area contributed by atoms with Gasteiger partial charge in [-0.1, -0.05) is 71.5 Å². The molecule has 0 spiro atoms. The number of hydrogen-bond donors (Lipinski definition) is 2. The van der Waals surface area contributed by atoms with Crippen LogP contribution < -0.4 is 10.6 Å². The van der Waals surface area contributed by atoms with Crippen LogP contribution in [0.25, 0.3) is 10.6 Å². The summed E-state index contributed by atoms with van der Waals surface area (Å²) in [7, 11) is 0. The molecule has 11 heteroatoms. The molecule has 0 radical (unpaired) electrons. The van der Waals surface area contributed by atoms with Gasteiger partial charge >= 0.3 is 0 Å². The van der Waals surface area contributed by atoms with Crippen molar-refractivity contribution in [2.45, 2.75) is 19.4 Å². The van der Waals surface area contributed by atoms with E-state index in [9.17, 15) is 19.7 Å². The van der Waals surface area contributed by atoms with E-state index in [1.165, 1.54) is 29.5 Å². The number of anilines is 1. The zero-order chi connectivity index (χ0) is 25.7. The maximum atomic E-state index is 13.2. The molecule has 2 amide bonds. The maximum Gasteiger partial charge on any atom is 0.273 e. The summed E-state index contributed by atoms with van der Waals surface area (Å²) in [5.41, 5.74) is 1.97. The number of benzene rings is 3. The number of rotatable bonds is 8. The summed E-state index contributed by atoms with van der Waals surface area (Å²) >= 11 is 7.12. The molecule has 4 aromatic rings. The number of aromatic nitrogens is 2. The highest BCUT2D eigenvalue weighted by atomic mass is 35.5. The van der Waals surface area contributed by atoms with Gasteiger partial charge in [-0.15, -0.1) is 10.2 Å².